The van der Waals surface area contributed by atoms with Gasteiger partial charge in [-0.3, -0.25) is 4.79 Å². The van der Waals surface area contributed by atoms with E-state index in [4.69, 9.17) is 23.2 Å². The zero-order chi connectivity index (χ0) is 11.3. The second-order valence-electron chi connectivity index (χ2n) is 3.46. The normalized spacial score (nSPS) is 12.8. The lowest BCUT2D eigenvalue weighted by Gasteiger charge is -2.15. The number of benzene rings is 1. The van der Waals surface area contributed by atoms with E-state index in [2.05, 4.69) is 0 Å². The highest BCUT2D eigenvalue weighted by molar-refractivity contribution is 6.54. The second kappa shape index (κ2) is 6.14. The minimum absolute atomic E-state index is 0.105. The predicted octanol–water partition coefficient (Wildman–Crippen LogP) is 3.94. The summed E-state index contributed by atoms with van der Waals surface area (Å²) >= 11 is 11.2. The fraction of sp³-hybridized carbons (Fsp3) is 0.417. The first-order valence-electron chi connectivity index (χ1n) is 5.03. The number of carbonyl (C=O) groups excluding carboxylic acids is 1. The van der Waals surface area contributed by atoms with Crippen molar-refractivity contribution in [1.82, 2.24) is 0 Å². The maximum absolute atomic E-state index is 11.8. The lowest BCUT2D eigenvalue weighted by Crippen LogP contribution is -2.18. The Labute approximate surface area is 100 Å². The number of rotatable bonds is 5. The summed E-state index contributed by atoms with van der Waals surface area (Å²) in [5, 5.41) is 0. The van der Waals surface area contributed by atoms with Gasteiger partial charge in [-0.25, -0.2) is 0 Å². The molecule has 0 bridgehead atoms. The molecule has 0 aliphatic heterocycles. The van der Waals surface area contributed by atoms with Crippen molar-refractivity contribution in [2.75, 3.05) is 0 Å². The van der Waals surface area contributed by atoms with Crippen LogP contribution in [0.25, 0.3) is 0 Å². The van der Waals surface area contributed by atoms with Crippen LogP contribution in [0.3, 0.4) is 0 Å². The summed E-state index contributed by atoms with van der Waals surface area (Å²) in [5.41, 5.74) is 0.996. The molecule has 0 saturated carbocycles. The van der Waals surface area contributed by atoms with Crippen molar-refractivity contribution in [2.45, 2.75) is 30.5 Å². The molecule has 0 heterocycles. The van der Waals surface area contributed by atoms with Crippen molar-refractivity contribution in [2.24, 2.45) is 0 Å². The molecule has 1 unspecified atom stereocenters. The average molecular weight is 245 g/mol. The van der Waals surface area contributed by atoms with E-state index in [0.29, 0.717) is 0 Å². The Morgan fingerprint density at radius 3 is 2.33 bits per heavy atom. The van der Waals surface area contributed by atoms with Crippen LogP contribution in [0.15, 0.2) is 30.3 Å². The summed E-state index contributed by atoms with van der Waals surface area (Å²) in [6.45, 7) is 2.04. The van der Waals surface area contributed by atoms with Crippen molar-refractivity contribution in [3.8, 4) is 0 Å². The Morgan fingerprint density at radius 2 is 1.87 bits per heavy atom. The Hall–Kier alpha value is -0.530. The number of alkyl halides is 2. The first-order valence-corrected chi connectivity index (χ1v) is 5.91. The van der Waals surface area contributed by atoms with Crippen molar-refractivity contribution in [3.05, 3.63) is 35.9 Å². The fourth-order valence-corrected chi connectivity index (χ4v) is 1.90. The number of halogens is 2. The minimum Gasteiger partial charge on any atom is -0.296 e. The standard InChI is InChI=1S/C12H14Cl2O/c1-2-6-10(11(15)12(13)14)9-7-4-3-5-8-9/h3-5,7-8,10,12H,2,6H2,1H3. The summed E-state index contributed by atoms with van der Waals surface area (Å²) in [6.07, 6.45) is 1.73. The van der Waals surface area contributed by atoms with Gasteiger partial charge in [-0.15, -0.1) is 0 Å². The van der Waals surface area contributed by atoms with Gasteiger partial charge in [0.05, 0.1) is 0 Å². The third kappa shape index (κ3) is 3.51. The van der Waals surface area contributed by atoms with Gasteiger partial charge in [0.2, 0.25) is 0 Å². The van der Waals surface area contributed by atoms with Crippen LogP contribution in [0.4, 0.5) is 0 Å². The van der Waals surface area contributed by atoms with E-state index in [1.54, 1.807) is 0 Å². The minimum atomic E-state index is -0.929. The van der Waals surface area contributed by atoms with Crippen LogP contribution in [0.1, 0.15) is 31.2 Å². The van der Waals surface area contributed by atoms with Crippen LogP contribution in [0.2, 0.25) is 0 Å². The summed E-state index contributed by atoms with van der Waals surface area (Å²) in [7, 11) is 0. The Kier molecular flexibility index (Phi) is 5.13. The number of carbonyl (C=O) groups is 1. The van der Waals surface area contributed by atoms with E-state index >= 15 is 0 Å². The molecule has 1 nitrogen and oxygen atoms in total. The van der Waals surface area contributed by atoms with Crippen LogP contribution < -0.4 is 0 Å². The lowest BCUT2D eigenvalue weighted by atomic mass is 9.91. The highest BCUT2D eigenvalue weighted by atomic mass is 35.5. The Balaban J connectivity index is 2.88. The smallest absolute Gasteiger partial charge is 0.173 e. The van der Waals surface area contributed by atoms with Crippen LogP contribution in [0.5, 0.6) is 0 Å². The lowest BCUT2D eigenvalue weighted by molar-refractivity contribution is -0.119. The molecule has 1 aromatic rings. The number of hydrogen-bond donors (Lipinski definition) is 0. The van der Waals surface area contributed by atoms with E-state index in [9.17, 15) is 4.79 Å². The predicted molar refractivity (Wildman–Crippen MR) is 64.6 cm³/mol. The molecule has 0 fully saturated rings. The van der Waals surface area contributed by atoms with E-state index in [1.165, 1.54) is 0 Å². The summed E-state index contributed by atoms with van der Waals surface area (Å²) in [4.78, 5) is 10.8. The van der Waals surface area contributed by atoms with Crippen LogP contribution in [0, 0.1) is 0 Å². The summed E-state index contributed by atoms with van der Waals surface area (Å²) in [5.74, 6) is -0.275. The Morgan fingerprint density at radius 1 is 1.27 bits per heavy atom. The van der Waals surface area contributed by atoms with Gasteiger partial charge in [-0.2, -0.15) is 0 Å². The maximum Gasteiger partial charge on any atom is 0.173 e. The van der Waals surface area contributed by atoms with Gasteiger partial charge in [-0.05, 0) is 12.0 Å². The third-order valence-electron chi connectivity index (χ3n) is 2.34. The van der Waals surface area contributed by atoms with Gasteiger partial charge >= 0.3 is 0 Å². The first kappa shape index (κ1) is 12.5. The molecule has 0 aromatic heterocycles. The van der Waals surface area contributed by atoms with Crippen LogP contribution in [-0.4, -0.2) is 10.6 Å². The monoisotopic (exact) mass is 244 g/mol. The first-order chi connectivity index (χ1) is 7.16. The van der Waals surface area contributed by atoms with Gasteiger partial charge in [0, 0.05) is 5.92 Å². The van der Waals surface area contributed by atoms with Gasteiger partial charge in [0.15, 0.2) is 10.6 Å². The van der Waals surface area contributed by atoms with E-state index in [-0.39, 0.29) is 11.7 Å². The molecule has 82 valence electrons. The molecule has 0 spiro atoms. The van der Waals surface area contributed by atoms with Gasteiger partial charge < -0.3 is 0 Å². The van der Waals surface area contributed by atoms with E-state index < -0.39 is 4.84 Å². The molecule has 0 aliphatic rings. The molecular weight excluding hydrogens is 231 g/mol. The van der Waals surface area contributed by atoms with E-state index in [1.807, 2.05) is 37.3 Å². The molecule has 0 amide bonds. The highest BCUT2D eigenvalue weighted by Gasteiger charge is 2.24. The molecule has 1 aromatic carbocycles. The number of Topliss-reactive ketones (excluding diaryl/α,β-unsaturated/α-hetero) is 1. The van der Waals surface area contributed by atoms with Crippen LogP contribution >= 0.6 is 23.2 Å². The average Bonchev–Trinajstić information content (AvgIpc) is 2.26. The Bertz CT molecular complexity index is 309. The topological polar surface area (TPSA) is 17.1 Å². The van der Waals surface area contributed by atoms with Gasteiger partial charge in [-0.1, -0.05) is 66.9 Å². The van der Waals surface area contributed by atoms with Crippen molar-refractivity contribution in [3.63, 3.8) is 0 Å². The molecule has 0 aliphatic carbocycles. The maximum atomic E-state index is 11.8. The third-order valence-corrected chi connectivity index (χ3v) is 2.77. The molecule has 0 saturated heterocycles. The van der Waals surface area contributed by atoms with Crippen molar-refractivity contribution >= 4 is 29.0 Å². The molecule has 3 heteroatoms. The molecular formula is C12H14Cl2O. The summed E-state index contributed by atoms with van der Waals surface area (Å²) < 4.78 is 0. The highest BCUT2D eigenvalue weighted by Crippen LogP contribution is 2.26. The zero-order valence-electron chi connectivity index (χ0n) is 8.62. The molecule has 1 atom stereocenters. The SMILES string of the molecule is CCCC(C(=O)C(Cl)Cl)c1ccccc1. The fourth-order valence-electron chi connectivity index (χ4n) is 1.60. The van der Waals surface area contributed by atoms with Gasteiger partial charge in [0.25, 0.3) is 0 Å². The molecule has 1 rings (SSSR count). The van der Waals surface area contributed by atoms with Crippen molar-refractivity contribution in [1.29, 1.82) is 0 Å². The zero-order valence-corrected chi connectivity index (χ0v) is 10.1. The summed E-state index contributed by atoms with van der Waals surface area (Å²) in [6, 6.07) is 9.64. The molecule has 15 heavy (non-hydrogen) atoms. The second-order valence-corrected chi connectivity index (χ2v) is 4.55. The largest absolute Gasteiger partial charge is 0.296 e. The van der Waals surface area contributed by atoms with E-state index in [0.717, 1.165) is 18.4 Å². The molecule has 0 N–H and O–H groups in total. The quantitative estimate of drug-likeness (QED) is 0.718. The van der Waals surface area contributed by atoms with Gasteiger partial charge in [0.1, 0.15) is 0 Å². The van der Waals surface area contributed by atoms with Crippen molar-refractivity contribution < 1.29 is 4.79 Å². The number of ketones is 1. The number of hydrogen-bond acceptors (Lipinski definition) is 1. The molecule has 0 radical (unpaired) electrons. The van der Waals surface area contributed by atoms with Crippen LogP contribution in [-0.2, 0) is 4.79 Å².